The first-order chi connectivity index (χ1) is 9.54. The van der Waals surface area contributed by atoms with Crippen LogP contribution in [0, 0.1) is 20.8 Å². The van der Waals surface area contributed by atoms with Crippen LogP contribution in [0.2, 0.25) is 5.28 Å². The second kappa shape index (κ2) is 5.04. The summed E-state index contributed by atoms with van der Waals surface area (Å²) in [5.41, 5.74) is 3.38. The van der Waals surface area contributed by atoms with Crippen LogP contribution in [-0.4, -0.2) is 9.97 Å². The molecule has 5 heteroatoms. The van der Waals surface area contributed by atoms with Crippen LogP contribution in [0.1, 0.15) is 16.7 Å². The molecule has 3 aromatic rings. The van der Waals surface area contributed by atoms with Gasteiger partial charge in [0.15, 0.2) is 0 Å². The highest BCUT2D eigenvalue weighted by Gasteiger charge is 2.13. The van der Waals surface area contributed by atoms with Crippen molar-refractivity contribution in [1.82, 2.24) is 9.97 Å². The Labute approximate surface area is 126 Å². The molecule has 0 saturated carbocycles. The molecule has 0 bridgehead atoms. The van der Waals surface area contributed by atoms with Crippen molar-refractivity contribution in [2.75, 3.05) is 0 Å². The van der Waals surface area contributed by atoms with Crippen molar-refractivity contribution in [3.05, 3.63) is 45.6 Å². The molecule has 0 atom stereocenters. The number of hydrogen-bond donors (Lipinski definition) is 0. The third kappa shape index (κ3) is 2.37. The highest BCUT2D eigenvalue weighted by molar-refractivity contribution is 7.16. The maximum absolute atomic E-state index is 6.02. The quantitative estimate of drug-likeness (QED) is 0.620. The van der Waals surface area contributed by atoms with Gasteiger partial charge in [0.1, 0.15) is 10.6 Å². The zero-order valence-corrected chi connectivity index (χ0v) is 13.0. The summed E-state index contributed by atoms with van der Waals surface area (Å²) in [5.74, 6) is 1.34. The average molecular weight is 305 g/mol. The topological polar surface area (TPSA) is 35.0 Å². The largest absolute Gasteiger partial charge is 0.438 e. The minimum absolute atomic E-state index is 0.206. The monoisotopic (exact) mass is 304 g/mol. The lowest BCUT2D eigenvalue weighted by molar-refractivity contribution is 0.461. The maximum atomic E-state index is 6.02. The van der Waals surface area contributed by atoms with Gasteiger partial charge in [-0.1, -0.05) is 17.7 Å². The Bertz CT molecular complexity index is 775. The first-order valence-corrected chi connectivity index (χ1v) is 7.47. The number of ether oxygens (including phenoxy) is 1. The molecule has 0 aliphatic rings. The normalized spacial score (nSPS) is 11.0. The van der Waals surface area contributed by atoms with Gasteiger partial charge in [0.2, 0.25) is 11.2 Å². The average Bonchev–Trinajstić information content (AvgIpc) is 2.81. The predicted molar refractivity (Wildman–Crippen MR) is 83.2 cm³/mol. The van der Waals surface area contributed by atoms with Gasteiger partial charge in [0.05, 0.1) is 5.39 Å². The maximum Gasteiger partial charge on any atom is 0.232 e. The molecular weight excluding hydrogens is 292 g/mol. The van der Waals surface area contributed by atoms with Crippen LogP contribution in [0.5, 0.6) is 11.6 Å². The molecule has 2 heterocycles. The molecule has 0 fully saturated rings. The standard InChI is InChI=1S/C15H13ClN2OS/c1-8-6-9(2)12(10(3)7-8)19-13-11-4-5-20-14(11)18-15(16)17-13/h4-7H,1-3H3. The van der Waals surface area contributed by atoms with Crippen molar-refractivity contribution in [3.63, 3.8) is 0 Å². The number of fused-ring (bicyclic) bond motifs is 1. The lowest BCUT2D eigenvalue weighted by Crippen LogP contribution is -1.96. The third-order valence-corrected chi connectivity index (χ3v) is 4.04. The van der Waals surface area contributed by atoms with Crippen molar-refractivity contribution in [2.24, 2.45) is 0 Å². The van der Waals surface area contributed by atoms with E-state index in [1.807, 2.05) is 25.3 Å². The van der Waals surface area contributed by atoms with Crippen molar-refractivity contribution in [3.8, 4) is 11.6 Å². The van der Waals surface area contributed by atoms with Crippen molar-refractivity contribution < 1.29 is 4.74 Å². The number of hydrogen-bond acceptors (Lipinski definition) is 4. The number of benzene rings is 1. The summed E-state index contributed by atoms with van der Waals surface area (Å²) < 4.78 is 6.02. The molecular formula is C15H13ClN2OS. The van der Waals surface area contributed by atoms with E-state index in [0.717, 1.165) is 27.1 Å². The van der Waals surface area contributed by atoms with Crippen LogP contribution < -0.4 is 4.74 Å². The Balaban J connectivity index is 2.12. The van der Waals surface area contributed by atoms with Crippen LogP contribution in [-0.2, 0) is 0 Å². The van der Waals surface area contributed by atoms with Crippen molar-refractivity contribution in [1.29, 1.82) is 0 Å². The van der Waals surface area contributed by atoms with E-state index >= 15 is 0 Å². The lowest BCUT2D eigenvalue weighted by atomic mass is 10.1. The van der Waals surface area contributed by atoms with E-state index in [0.29, 0.717) is 5.88 Å². The first kappa shape index (κ1) is 13.3. The number of halogens is 1. The molecule has 0 aliphatic carbocycles. The fourth-order valence-electron chi connectivity index (χ4n) is 2.31. The van der Waals surface area contributed by atoms with Crippen LogP contribution in [0.15, 0.2) is 23.6 Å². The summed E-state index contributed by atoms with van der Waals surface area (Å²) in [4.78, 5) is 9.24. The Morgan fingerprint density at radius 2 is 1.80 bits per heavy atom. The van der Waals surface area contributed by atoms with E-state index in [-0.39, 0.29) is 5.28 Å². The van der Waals surface area contributed by atoms with Crippen LogP contribution in [0.4, 0.5) is 0 Å². The van der Waals surface area contributed by atoms with Crippen LogP contribution >= 0.6 is 22.9 Å². The molecule has 0 amide bonds. The molecule has 0 aliphatic heterocycles. The van der Waals surface area contributed by atoms with E-state index in [9.17, 15) is 0 Å². The van der Waals surface area contributed by atoms with Crippen molar-refractivity contribution >= 4 is 33.2 Å². The third-order valence-electron chi connectivity index (χ3n) is 3.07. The SMILES string of the molecule is Cc1cc(C)c(Oc2nc(Cl)nc3sccc23)c(C)c1. The lowest BCUT2D eigenvalue weighted by Gasteiger charge is -2.12. The number of nitrogens with zero attached hydrogens (tertiary/aromatic N) is 2. The highest BCUT2D eigenvalue weighted by atomic mass is 35.5. The molecule has 3 nitrogen and oxygen atoms in total. The molecule has 0 N–H and O–H groups in total. The molecule has 1 aromatic carbocycles. The molecule has 3 rings (SSSR count). The van der Waals surface area contributed by atoms with E-state index < -0.39 is 0 Å². The van der Waals surface area contributed by atoms with Gasteiger partial charge in [-0.2, -0.15) is 4.98 Å². The molecule has 0 unspecified atom stereocenters. The Morgan fingerprint density at radius 3 is 2.50 bits per heavy atom. The summed E-state index contributed by atoms with van der Waals surface area (Å²) in [6.07, 6.45) is 0. The van der Waals surface area contributed by atoms with E-state index in [1.165, 1.54) is 16.9 Å². The summed E-state index contributed by atoms with van der Waals surface area (Å²) >= 11 is 7.48. The van der Waals surface area contributed by atoms with E-state index in [1.54, 1.807) is 0 Å². The summed E-state index contributed by atoms with van der Waals surface area (Å²) in [5, 5.41) is 3.05. The molecule has 0 spiro atoms. The van der Waals surface area contributed by atoms with Gasteiger partial charge in [0.25, 0.3) is 0 Å². The van der Waals surface area contributed by atoms with Gasteiger partial charge < -0.3 is 4.74 Å². The summed E-state index contributed by atoms with van der Waals surface area (Å²) in [6.45, 7) is 6.13. The second-order valence-corrected chi connectivity index (χ2v) is 6.00. The minimum Gasteiger partial charge on any atom is -0.438 e. The summed E-state index contributed by atoms with van der Waals surface area (Å²) in [7, 11) is 0. The second-order valence-electron chi connectivity index (χ2n) is 4.77. The minimum atomic E-state index is 0.206. The van der Waals surface area contributed by atoms with E-state index in [2.05, 4.69) is 29.0 Å². The van der Waals surface area contributed by atoms with Gasteiger partial charge >= 0.3 is 0 Å². The molecule has 0 radical (unpaired) electrons. The van der Waals surface area contributed by atoms with Gasteiger partial charge in [-0.3, -0.25) is 0 Å². The number of rotatable bonds is 2. The smallest absolute Gasteiger partial charge is 0.232 e. The van der Waals surface area contributed by atoms with Gasteiger partial charge in [-0.25, -0.2) is 4.98 Å². The Hall–Kier alpha value is -1.65. The predicted octanol–water partition coefficient (Wildman–Crippen LogP) is 5.06. The highest BCUT2D eigenvalue weighted by Crippen LogP contribution is 2.34. The molecule has 20 heavy (non-hydrogen) atoms. The molecule has 0 saturated heterocycles. The molecule has 2 aromatic heterocycles. The molecule has 102 valence electrons. The van der Waals surface area contributed by atoms with E-state index in [4.69, 9.17) is 16.3 Å². The van der Waals surface area contributed by atoms with Gasteiger partial charge in [0, 0.05) is 0 Å². The number of aromatic nitrogens is 2. The van der Waals surface area contributed by atoms with Crippen molar-refractivity contribution in [2.45, 2.75) is 20.8 Å². The Morgan fingerprint density at radius 1 is 1.10 bits per heavy atom. The summed E-state index contributed by atoms with van der Waals surface area (Å²) in [6, 6.07) is 6.14. The first-order valence-electron chi connectivity index (χ1n) is 6.21. The van der Waals surface area contributed by atoms with Crippen LogP contribution in [0.3, 0.4) is 0 Å². The number of thiophene rings is 1. The zero-order chi connectivity index (χ0) is 14.3. The fourth-order valence-corrected chi connectivity index (χ4v) is 3.27. The fraction of sp³-hybridized carbons (Fsp3) is 0.200. The van der Waals surface area contributed by atoms with Gasteiger partial charge in [-0.05, 0) is 54.9 Å². The van der Waals surface area contributed by atoms with Gasteiger partial charge in [-0.15, -0.1) is 11.3 Å². The Kier molecular flexibility index (Phi) is 3.36. The van der Waals surface area contributed by atoms with Crippen LogP contribution in [0.25, 0.3) is 10.2 Å². The zero-order valence-electron chi connectivity index (χ0n) is 11.4. The number of aryl methyl sites for hydroxylation is 3.